The molecule has 0 radical (unpaired) electrons. The molecule has 1 aliphatic rings. The maximum Gasteiger partial charge on any atom is 0.172 e. The van der Waals surface area contributed by atoms with Crippen molar-refractivity contribution in [3.05, 3.63) is 24.3 Å². The molecule has 1 saturated heterocycles. The summed E-state index contributed by atoms with van der Waals surface area (Å²) >= 11 is 0. The summed E-state index contributed by atoms with van der Waals surface area (Å²) in [6.07, 6.45) is 0.827. The molecule has 6 nitrogen and oxygen atoms in total. The van der Waals surface area contributed by atoms with E-state index in [2.05, 4.69) is 10.2 Å². The first kappa shape index (κ1) is 15.0. The van der Waals surface area contributed by atoms with Gasteiger partial charge in [0.05, 0.1) is 36.9 Å². The summed E-state index contributed by atoms with van der Waals surface area (Å²) in [7, 11) is 0. The second-order valence-corrected chi connectivity index (χ2v) is 5.42. The number of fused-ring (bicyclic) bond motifs is 1. The summed E-state index contributed by atoms with van der Waals surface area (Å²) in [6, 6.07) is 7.83. The Morgan fingerprint density at radius 3 is 2.55 bits per heavy atom. The van der Waals surface area contributed by atoms with E-state index in [1.54, 1.807) is 0 Å². The van der Waals surface area contributed by atoms with Gasteiger partial charge in [-0.2, -0.15) is 0 Å². The van der Waals surface area contributed by atoms with Crippen LogP contribution in [0.25, 0.3) is 11.0 Å². The molecule has 0 amide bonds. The summed E-state index contributed by atoms with van der Waals surface area (Å²) in [6.45, 7) is 5.12. The molecule has 118 valence electrons. The molecule has 0 aliphatic carbocycles. The Kier molecular flexibility index (Phi) is 4.70. The SMILES string of the molecule is CC[C@H](CO)Nc1nc2ccccc2nc1N1CCOCC1. The highest BCUT2D eigenvalue weighted by Crippen LogP contribution is 2.26. The van der Waals surface area contributed by atoms with E-state index in [1.807, 2.05) is 31.2 Å². The Bertz CT molecular complexity index is 625. The number of morpholine rings is 1. The number of hydrogen-bond donors (Lipinski definition) is 2. The van der Waals surface area contributed by atoms with Gasteiger partial charge in [0.15, 0.2) is 11.6 Å². The number of anilines is 2. The Balaban J connectivity index is 2.01. The van der Waals surface area contributed by atoms with Gasteiger partial charge in [0.25, 0.3) is 0 Å². The van der Waals surface area contributed by atoms with Crippen LogP contribution in [0.5, 0.6) is 0 Å². The van der Waals surface area contributed by atoms with Crippen molar-refractivity contribution in [2.24, 2.45) is 0 Å². The van der Waals surface area contributed by atoms with Crippen LogP contribution in [0.4, 0.5) is 11.6 Å². The number of ether oxygens (including phenoxy) is 1. The molecule has 22 heavy (non-hydrogen) atoms. The molecule has 2 aromatic rings. The molecule has 1 aliphatic heterocycles. The fourth-order valence-corrected chi connectivity index (χ4v) is 2.55. The maximum atomic E-state index is 9.46. The third kappa shape index (κ3) is 3.13. The first-order valence-electron chi connectivity index (χ1n) is 7.78. The van der Waals surface area contributed by atoms with E-state index in [9.17, 15) is 5.11 Å². The number of aliphatic hydroxyl groups is 1. The van der Waals surface area contributed by atoms with Crippen molar-refractivity contribution in [1.29, 1.82) is 0 Å². The fourth-order valence-electron chi connectivity index (χ4n) is 2.55. The van der Waals surface area contributed by atoms with Gasteiger partial charge in [0.1, 0.15) is 0 Å². The van der Waals surface area contributed by atoms with Crippen molar-refractivity contribution in [3.8, 4) is 0 Å². The van der Waals surface area contributed by atoms with Crippen molar-refractivity contribution in [2.45, 2.75) is 19.4 Å². The van der Waals surface area contributed by atoms with E-state index in [0.29, 0.717) is 13.2 Å². The largest absolute Gasteiger partial charge is 0.394 e. The highest BCUT2D eigenvalue weighted by molar-refractivity contribution is 5.80. The van der Waals surface area contributed by atoms with Crippen LogP contribution in [0.2, 0.25) is 0 Å². The molecule has 1 aromatic heterocycles. The van der Waals surface area contributed by atoms with Crippen LogP contribution in [-0.2, 0) is 4.74 Å². The number of aliphatic hydroxyl groups excluding tert-OH is 1. The molecule has 2 heterocycles. The molecule has 2 N–H and O–H groups in total. The number of hydrogen-bond acceptors (Lipinski definition) is 6. The van der Waals surface area contributed by atoms with Gasteiger partial charge in [-0.1, -0.05) is 19.1 Å². The van der Waals surface area contributed by atoms with Gasteiger partial charge in [0, 0.05) is 13.1 Å². The number of benzene rings is 1. The number of nitrogens with one attached hydrogen (secondary N) is 1. The molecular formula is C16H22N4O2. The van der Waals surface area contributed by atoms with Gasteiger partial charge in [-0.25, -0.2) is 9.97 Å². The van der Waals surface area contributed by atoms with Crippen molar-refractivity contribution < 1.29 is 9.84 Å². The smallest absolute Gasteiger partial charge is 0.172 e. The van der Waals surface area contributed by atoms with Gasteiger partial charge in [-0.05, 0) is 18.6 Å². The quantitative estimate of drug-likeness (QED) is 0.875. The molecular weight excluding hydrogens is 280 g/mol. The van der Waals surface area contributed by atoms with E-state index in [1.165, 1.54) is 0 Å². The Labute approximate surface area is 130 Å². The summed E-state index contributed by atoms with van der Waals surface area (Å²) in [5.41, 5.74) is 1.74. The van der Waals surface area contributed by atoms with Gasteiger partial charge in [-0.3, -0.25) is 0 Å². The second-order valence-electron chi connectivity index (χ2n) is 5.42. The zero-order chi connectivity index (χ0) is 15.4. The third-order valence-electron chi connectivity index (χ3n) is 3.92. The molecule has 0 bridgehead atoms. The summed E-state index contributed by atoms with van der Waals surface area (Å²) in [4.78, 5) is 11.7. The normalized spacial score (nSPS) is 16.7. The Morgan fingerprint density at radius 1 is 1.23 bits per heavy atom. The molecule has 1 aromatic carbocycles. The lowest BCUT2D eigenvalue weighted by Gasteiger charge is -2.30. The maximum absolute atomic E-state index is 9.46. The summed E-state index contributed by atoms with van der Waals surface area (Å²) in [5, 5.41) is 12.8. The molecule has 3 rings (SSSR count). The minimum atomic E-state index is -0.0183. The lowest BCUT2D eigenvalue weighted by molar-refractivity contribution is 0.122. The van der Waals surface area contributed by atoms with Crippen LogP contribution in [0.15, 0.2) is 24.3 Å². The lowest BCUT2D eigenvalue weighted by Crippen LogP contribution is -2.38. The number of aromatic nitrogens is 2. The monoisotopic (exact) mass is 302 g/mol. The van der Waals surface area contributed by atoms with Crippen LogP contribution in [-0.4, -0.2) is 54.0 Å². The predicted molar refractivity (Wildman–Crippen MR) is 87.4 cm³/mol. The van der Waals surface area contributed by atoms with E-state index in [4.69, 9.17) is 14.7 Å². The zero-order valence-corrected chi connectivity index (χ0v) is 12.8. The van der Waals surface area contributed by atoms with Gasteiger partial charge < -0.3 is 20.1 Å². The van der Waals surface area contributed by atoms with Crippen molar-refractivity contribution in [1.82, 2.24) is 9.97 Å². The predicted octanol–water partition coefficient (Wildman–Crippen LogP) is 1.65. The molecule has 0 saturated carbocycles. The lowest BCUT2D eigenvalue weighted by atomic mass is 10.2. The number of rotatable bonds is 5. The van der Waals surface area contributed by atoms with E-state index in [-0.39, 0.29) is 12.6 Å². The van der Waals surface area contributed by atoms with Crippen molar-refractivity contribution >= 4 is 22.7 Å². The van der Waals surface area contributed by atoms with Crippen LogP contribution < -0.4 is 10.2 Å². The summed E-state index contributed by atoms with van der Waals surface area (Å²) < 4.78 is 5.42. The Hall–Kier alpha value is -1.92. The highest BCUT2D eigenvalue weighted by atomic mass is 16.5. The summed E-state index contributed by atoms with van der Waals surface area (Å²) in [5.74, 6) is 1.58. The van der Waals surface area contributed by atoms with Crippen LogP contribution in [0.1, 0.15) is 13.3 Å². The van der Waals surface area contributed by atoms with E-state index in [0.717, 1.165) is 42.2 Å². The van der Waals surface area contributed by atoms with Crippen LogP contribution in [0, 0.1) is 0 Å². The van der Waals surface area contributed by atoms with Gasteiger partial charge >= 0.3 is 0 Å². The molecule has 0 spiro atoms. The minimum Gasteiger partial charge on any atom is -0.394 e. The van der Waals surface area contributed by atoms with E-state index >= 15 is 0 Å². The topological polar surface area (TPSA) is 70.5 Å². The van der Waals surface area contributed by atoms with E-state index < -0.39 is 0 Å². The van der Waals surface area contributed by atoms with Crippen molar-refractivity contribution in [3.63, 3.8) is 0 Å². The molecule has 6 heteroatoms. The molecule has 0 unspecified atom stereocenters. The zero-order valence-electron chi connectivity index (χ0n) is 12.8. The highest BCUT2D eigenvalue weighted by Gasteiger charge is 2.20. The second kappa shape index (κ2) is 6.89. The average Bonchev–Trinajstić information content (AvgIpc) is 2.59. The fraction of sp³-hybridized carbons (Fsp3) is 0.500. The van der Waals surface area contributed by atoms with Crippen LogP contribution in [0.3, 0.4) is 0 Å². The average molecular weight is 302 g/mol. The third-order valence-corrected chi connectivity index (χ3v) is 3.92. The first-order chi connectivity index (χ1) is 10.8. The van der Waals surface area contributed by atoms with Crippen LogP contribution >= 0.6 is 0 Å². The molecule has 1 atom stereocenters. The first-order valence-corrected chi connectivity index (χ1v) is 7.78. The standard InChI is InChI=1S/C16H22N4O2/c1-2-12(11-21)17-15-16(20-7-9-22-10-8-20)19-14-6-4-3-5-13(14)18-15/h3-6,12,21H,2,7-11H2,1H3,(H,17,18)/t12-/m1/s1. The Morgan fingerprint density at radius 2 is 1.91 bits per heavy atom. The van der Waals surface area contributed by atoms with Gasteiger partial charge in [0.2, 0.25) is 0 Å². The number of para-hydroxylation sites is 2. The van der Waals surface area contributed by atoms with Crippen molar-refractivity contribution in [2.75, 3.05) is 43.1 Å². The molecule has 1 fully saturated rings. The van der Waals surface area contributed by atoms with Gasteiger partial charge in [-0.15, -0.1) is 0 Å². The minimum absolute atomic E-state index is 0.0183. The number of nitrogens with zero attached hydrogens (tertiary/aromatic N) is 3.